The van der Waals surface area contributed by atoms with Crippen LogP contribution in [0.5, 0.6) is 0 Å². The summed E-state index contributed by atoms with van der Waals surface area (Å²) in [6, 6.07) is 6.67. The molecule has 0 heterocycles. The average Bonchev–Trinajstić information content (AvgIpc) is 2.35. The summed E-state index contributed by atoms with van der Waals surface area (Å²) < 4.78 is 18.6. The lowest BCUT2D eigenvalue weighted by Crippen LogP contribution is -2.58. The molecule has 108 valence electrons. The molecular weight excluding hydrogens is 243 g/mol. The van der Waals surface area contributed by atoms with Crippen LogP contribution in [0.1, 0.15) is 19.4 Å². The minimum atomic E-state index is -0.235. The molecule has 0 saturated carbocycles. The fraction of sp³-hybridized carbons (Fsp3) is 0.600. The van der Waals surface area contributed by atoms with E-state index in [1.807, 2.05) is 13.1 Å². The fourth-order valence-corrected chi connectivity index (χ4v) is 2.48. The van der Waals surface area contributed by atoms with E-state index in [0.29, 0.717) is 25.6 Å². The number of ether oxygens (including phenoxy) is 1. The summed E-state index contributed by atoms with van der Waals surface area (Å²) in [5.74, 6) is 0.136. The molecule has 1 unspecified atom stereocenters. The van der Waals surface area contributed by atoms with Gasteiger partial charge in [-0.2, -0.15) is 0 Å². The molecule has 3 nitrogen and oxygen atoms in total. The molecule has 1 rings (SSSR count). The van der Waals surface area contributed by atoms with E-state index in [0.717, 1.165) is 5.56 Å². The van der Waals surface area contributed by atoms with E-state index >= 15 is 0 Å². The van der Waals surface area contributed by atoms with Gasteiger partial charge in [-0.05, 0) is 30.7 Å². The Kier molecular flexibility index (Phi) is 5.91. The Balaban J connectivity index is 2.91. The summed E-state index contributed by atoms with van der Waals surface area (Å²) >= 11 is 0. The van der Waals surface area contributed by atoms with Crippen LogP contribution in [0.2, 0.25) is 0 Å². The highest BCUT2D eigenvalue weighted by Gasteiger charge is 2.36. The lowest BCUT2D eigenvalue weighted by Gasteiger charge is -2.44. The van der Waals surface area contributed by atoms with Crippen molar-refractivity contribution in [2.75, 3.05) is 27.3 Å². The SMILES string of the molecule is COCC(CN)(C(C)C)N(C)Cc1cccc(F)c1. The van der Waals surface area contributed by atoms with Crippen LogP contribution in [0.15, 0.2) is 24.3 Å². The van der Waals surface area contributed by atoms with E-state index in [-0.39, 0.29) is 11.4 Å². The summed E-state index contributed by atoms with van der Waals surface area (Å²) in [6.45, 7) is 5.98. The largest absolute Gasteiger partial charge is 0.383 e. The van der Waals surface area contributed by atoms with Gasteiger partial charge in [0, 0.05) is 20.2 Å². The predicted molar refractivity (Wildman–Crippen MR) is 76.4 cm³/mol. The molecule has 0 bridgehead atoms. The summed E-state index contributed by atoms with van der Waals surface area (Å²) in [5.41, 5.74) is 6.69. The molecule has 0 aliphatic carbocycles. The van der Waals surface area contributed by atoms with Gasteiger partial charge in [0.05, 0.1) is 12.1 Å². The minimum Gasteiger partial charge on any atom is -0.383 e. The van der Waals surface area contributed by atoms with Crippen LogP contribution in [0, 0.1) is 11.7 Å². The van der Waals surface area contributed by atoms with Crippen LogP contribution >= 0.6 is 0 Å². The van der Waals surface area contributed by atoms with Crippen molar-refractivity contribution in [3.05, 3.63) is 35.6 Å². The summed E-state index contributed by atoms with van der Waals surface area (Å²) in [5, 5.41) is 0. The maximum Gasteiger partial charge on any atom is 0.123 e. The molecule has 19 heavy (non-hydrogen) atoms. The van der Waals surface area contributed by atoms with Gasteiger partial charge in [-0.25, -0.2) is 4.39 Å². The summed E-state index contributed by atoms with van der Waals surface area (Å²) in [4.78, 5) is 2.16. The van der Waals surface area contributed by atoms with E-state index < -0.39 is 0 Å². The first-order chi connectivity index (χ1) is 8.96. The molecule has 0 fully saturated rings. The van der Waals surface area contributed by atoms with Crippen LogP contribution in [-0.4, -0.2) is 37.7 Å². The first-order valence-electron chi connectivity index (χ1n) is 6.61. The van der Waals surface area contributed by atoms with Crippen LogP contribution in [-0.2, 0) is 11.3 Å². The van der Waals surface area contributed by atoms with E-state index in [1.165, 1.54) is 6.07 Å². The highest BCUT2D eigenvalue weighted by atomic mass is 19.1. The number of likely N-dealkylation sites (N-methyl/N-ethyl adjacent to an activating group) is 1. The molecule has 0 spiro atoms. The molecule has 0 saturated heterocycles. The number of methoxy groups -OCH3 is 1. The molecule has 0 radical (unpaired) electrons. The molecule has 0 aliphatic heterocycles. The number of nitrogens with zero attached hydrogens (tertiary/aromatic N) is 1. The first kappa shape index (κ1) is 16.1. The van der Waals surface area contributed by atoms with E-state index in [1.54, 1.807) is 19.2 Å². The lowest BCUT2D eigenvalue weighted by atomic mass is 9.85. The highest BCUT2D eigenvalue weighted by Crippen LogP contribution is 2.25. The Morgan fingerprint density at radius 3 is 2.58 bits per heavy atom. The topological polar surface area (TPSA) is 38.5 Å². The van der Waals surface area contributed by atoms with Gasteiger partial charge in [0.15, 0.2) is 0 Å². The number of benzene rings is 1. The minimum absolute atomic E-state index is 0.208. The van der Waals surface area contributed by atoms with Crippen LogP contribution in [0.25, 0.3) is 0 Å². The van der Waals surface area contributed by atoms with Gasteiger partial charge in [0.2, 0.25) is 0 Å². The van der Waals surface area contributed by atoms with Gasteiger partial charge >= 0.3 is 0 Å². The van der Waals surface area contributed by atoms with Crippen molar-refractivity contribution >= 4 is 0 Å². The van der Waals surface area contributed by atoms with Gasteiger partial charge in [-0.3, -0.25) is 4.90 Å². The van der Waals surface area contributed by atoms with Gasteiger partial charge in [-0.15, -0.1) is 0 Å². The maximum atomic E-state index is 13.2. The number of nitrogens with two attached hydrogens (primary N) is 1. The first-order valence-corrected chi connectivity index (χ1v) is 6.61. The molecule has 4 heteroatoms. The maximum absolute atomic E-state index is 13.2. The van der Waals surface area contributed by atoms with E-state index in [4.69, 9.17) is 10.5 Å². The summed E-state index contributed by atoms with van der Waals surface area (Å²) in [7, 11) is 3.69. The Bertz CT molecular complexity index is 397. The molecule has 2 N–H and O–H groups in total. The van der Waals surface area contributed by atoms with Gasteiger partial charge in [-0.1, -0.05) is 26.0 Å². The second kappa shape index (κ2) is 6.98. The summed E-state index contributed by atoms with van der Waals surface area (Å²) in [6.07, 6.45) is 0. The monoisotopic (exact) mass is 268 g/mol. The van der Waals surface area contributed by atoms with Crippen molar-refractivity contribution in [3.8, 4) is 0 Å². The zero-order valence-electron chi connectivity index (χ0n) is 12.3. The third-order valence-corrected chi connectivity index (χ3v) is 3.89. The molecule has 0 amide bonds. The zero-order chi connectivity index (χ0) is 14.5. The molecular formula is C15H25FN2O. The second-order valence-corrected chi connectivity index (χ2v) is 5.38. The zero-order valence-corrected chi connectivity index (χ0v) is 12.3. The quantitative estimate of drug-likeness (QED) is 0.824. The van der Waals surface area contributed by atoms with Crippen LogP contribution < -0.4 is 5.73 Å². The highest BCUT2D eigenvalue weighted by molar-refractivity contribution is 5.16. The van der Waals surface area contributed by atoms with Crippen molar-refractivity contribution in [2.45, 2.75) is 25.9 Å². The Morgan fingerprint density at radius 1 is 1.42 bits per heavy atom. The molecule has 1 aromatic rings. The third kappa shape index (κ3) is 3.75. The van der Waals surface area contributed by atoms with E-state index in [9.17, 15) is 4.39 Å². The van der Waals surface area contributed by atoms with Crippen molar-refractivity contribution in [1.82, 2.24) is 4.90 Å². The molecule has 1 atom stereocenters. The average molecular weight is 268 g/mol. The Labute approximate surface area is 115 Å². The van der Waals surface area contributed by atoms with Crippen LogP contribution in [0.3, 0.4) is 0 Å². The van der Waals surface area contributed by atoms with E-state index in [2.05, 4.69) is 18.7 Å². The number of hydrogen-bond donors (Lipinski definition) is 1. The van der Waals surface area contributed by atoms with Crippen LogP contribution in [0.4, 0.5) is 4.39 Å². The van der Waals surface area contributed by atoms with Crippen molar-refractivity contribution in [2.24, 2.45) is 11.7 Å². The lowest BCUT2D eigenvalue weighted by molar-refractivity contribution is -0.00558. The van der Waals surface area contributed by atoms with Gasteiger partial charge in [0.1, 0.15) is 5.82 Å². The van der Waals surface area contributed by atoms with Crippen molar-refractivity contribution in [3.63, 3.8) is 0 Å². The smallest absolute Gasteiger partial charge is 0.123 e. The predicted octanol–water partition coefficient (Wildman–Crippen LogP) is 2.26. The normalized spacial score (nSPS) is 14.9. The Morgan fingerprint density at radius 2 is 2.11 bits per heavy atom. The van der Waals surface area contributed by atoms with Crippen molar-refractivity contribution in [1.29, 1.82) is 0 Å². The molecule has 1 aromatic carbocycles. The number of rotatable bonds is 7. The molecule has 0 aromatic heterocycles. The van der Waals surface area contributed by atoms with Gasteiger partial charge in [0.25, 0.3) is 0 Å². The molecule has 0 aliphatic rings. The van der Waals surface area contributed by atoms with Crippen molar-refractivity contribution < 1.29 is 9.13 Å². The Hall–Kier alpha value is -0.970. The third-order valence-electron chi connectivity index (χ3n) is 3.89. The standard InChI is InChI=1S/C15H25FN2O/c1-12(2)15(10-17,11-19-4)18(3)9-13-6-5-7-14(16)8-13/h5-8,12H,9-11,17H2,1-4H3. The second-order valence-electron chi connectivity index (χ2n) is 5.38. The number of hydrogen-bond acceptors (Lipinski definition) is 3. The number of halogens is 1. The van der Waals surface area contributed by atoms with Gasteiger partial charge < -0.3 is 10.5 Å². The fourth-order valence-electron chi connectivity index (χ4n) is 2.48.